The van der Waals surface area contributed by atoms with Crippen molar-refractivity contribution >= 4 is 45.9 Å². The van der Waals surface area contributed by atoms with Gasteiger partial charge in [0.1, 0.15) is 17.2 Å². The van der Waals surface area contributed by atoms with Crippen molar-refractivity contribution in [2.24, 2.45) is 0 Å². The highest BCUT2D eigenvalue weighted by molar-refractivity contribution is 6.43. The zero-order valence-electron chi connectivity index (χ0n) is 27.1. The summed E-state index contributed by atoms with van der Waals surface area (Å²) in [7, 11) is 0. The number of halogens is 1. The third-order valence-corrected chi connectivity index (χ3v) is 9.08. The first kappa shape index (κ1) is 32.9. The SMILES string of the molecule is CCCCOc1c(Nc2c(CC)cccc2CC)c(Nc2c(CC)cccc2CC)c(Cl)c2c1C(=O)c1c(O)ccc(O)c1C2=O. The largest absolute Gasteiger partial charge is 0.507 e. The summed E-state index contributed by atoms with van der Waals surface area (Å²) in [5.74, 6) is -1.96. The Morgan fingerprint density at radius 3 is 1.48 bits per heavy atom. The van der Waals surface area contributed by atoms with Crippen LogP contribution in [0, 0.1) is 0 Å². The number of hydrogen-bond donors (Lipinski definition) is 4. The van der Waals surface area contributed by atoms with Crippen LogP contribution in [0.5, 0.6) is 17.2 Å². The fraction of sp³-hybridized carbons (Fsp3) is 0.316. The predicted octanol–water partition coefficient (Wildman–Crippen LogP) is 9.44. The van der Waals surface area contributed by atoms with E-state index in [0.717, 1.165) is 65.7 Å². The Morgan fingerprint density at radius 2 is 1.04 bits per heavy atom. The number of hydrogen-bond acceptors (Lipinski definition) is 7. The van der Waals surface area contributed by atoms with E-state index in [1.165, 1.54) is 12.1 Å². The average Bonchev–Trinajstić information content (AvgIpc) is 3.06. The highest BCUT2D eigenvalue weighted by Crippen LogP contribution is 2.52. The number of carbonyl (C=O) groups is 2. The van der Waals surface area contributed by atoms with Gasteiger partial charge in [0.25, 0.3) is 0 Å². The Kier molecular flexibility index (Phi) is 9.92. The van der Waals surface area contributed by atoms with E-state index in [2.05, 4.69) is 50.5 Å². The maximum Gasteiger partial charge on any atom is 0.202 e. The lowest BCUT2D eigenvalue weighted by atomic mass is 9.81. The van der Waals surface area contributed by atoms with Gasteiger partial charge >= 0.3 is 0 Å². The van der Waals surface area contributed by atoms with Crippen LogP contribution in [-0.4, -0.2) is 28.4 Å². The van der Waals surface area contributed by atoms with Crippen molar-refractivity contribution in [3.8, 4) is 17.2 Å². The predicted molar refractivity (Wildman–Crippen MR) is 185 cm³/mol. The number of phenols is 2. The van der Waals surface area contributed by atoms with E-state index in [9.17, 15) is 19.8 Å². The van der Waals surface area contributed by atoms with Crippen LogP contribution in [0.15, 0.2) is 48.5 Å². The van der Waals surface area contributed by atoms with Crippen LogP contribution in [0.4, 0.5) is 22.7 Å². The second-order valence-electron chi connectivity index (χ2n) is 11.4. The van der Waals surface area contributed by atoms with Crippen LogP contribution in [-0.2, 0) is 25.7 Å². The molecule has 0 amide bonds. The minimum Gasteiger partial charge on any atom is -0.507 e. The quantitative estimate of drug-likeness (QED) is 0.0794. The zero-order chi connectivity index (χ0) is 33.1. The summed E-state index contributed by atoms with van der Waals surface area (Å²) in [5.41, 5.74) is 6.14. The van der Waals surface area contributed by atoms with Gasteiger partial charge in [0.05, 0.1) is 39.6 Å². The van der Waals surface area contributed by atoms with Gasteiger partial charge in [-0.05, 0) is 66.5 Å². The number of nitrogens with one attached hydrogen (secondary N) is 2. The molecule has 46 heavy (non-hydrogen) atoms. The van der Waals surface area contributed by atoms with Gasteiger partial charge in [-0.15, -0.1) is 0 Å². The number of ketones is 2. The molecule has 5 rings (SSSR count). The average molecular weight is 641 g/mol. The number of unbranched alkanes of at least 4 members (excludes halogenated alkanes) is 1. The van der Waals surface area contributed by atoms with E-state index >= 15 is 0 Å². The number of para-hydroxylation sites is 2. The Balaban J connectivity index is 1.90. The van der Waals surface area contributed by atoms with Crippen molar-refractivity contribution in [2.75, 3.05) is 17.2 Å². The zero-order valence-corrected chi connectivity index (χ0v) is 27.8. The van der Waals surface area contributed by atoms with Crippen molar-refractivity contribution in [1.82, 2.24) is 0 Å². The van der Waals surface area contributed by atoms with Gasteiger partial charge in [0.15, 0.2) is 11.5 Å². The molecule has 7 nitrogen and oxygen atoms in total. The first-order chi connectivity index (χ1) is 22.2. The molecular formula is C38H41ClN2O5. The molecule has 0 radical (unpaired) electrons. The summed E-state index contributed by atoms with van der Waals surface area (Å²) >= 11 is 7.26. The summed E-state index contributed by atoms with van der Waals surface area (Å²) in [6.45, 7) is 10.6. The van der Waals surface area contributed by atoms with Gasteiger partial charge in [-0.25, -0.2) is 0 Å². The lowest BCUT2D eigenvalue weighted by molar-refractivity contribution is 0.0971. The molecule has 8 heteroatoms. The Morgan fingerprint density at radius 1 is 0.609 bits per heavy atom. The number of phenolic OH excluding ortho intramolecular Hbond substituents is 2. The maximum atomic E-state index is 14.3. The first-order valence-corrected chi connectivity index (χ1v) is 16.5. The molecule has 4 aromatic carbocycles. The molecule has 0 heterocycles. The van der Waals surface area contributed by atoms with Gasteiger partial charge in [0.2, 0.25) is 5.78 Å². The lowest BCUT2D eigenvalue weighted by Crippen LogP contribution is -2.24. The first-order valence-electron chi connectivity index (χ1n) is 16.1. The number of fused-ring (bicyclic) bond motifs is 2. The normalized spacial score (nSPS) is 12.1. The van der Waals surface area contributed by atoms with Gasteiger partial charge < -0.3 is 25.6 Å². The minimum absolute atomic E-state index is 0.0204. The van der Waals surface area contributed by atoms with Crippen LogP contribution >= 0.6 is 11.6 Å². The highest BCUT2D eigenvalue weighted by Gasteiger charge is 2.41. The Bertz CT molecular complexity index is 1790. The molecule has 0 saturated heterocycles. The summed E-state index contributed by atoms with van der Waals surface area (Å²) < 4.78 is 6.47. The molecule has 0 aliphatic heterocycles. The topological polar surface area (TPSA) is 108 Å². The number of anilines is 4. The summed E-state index contributed by atoms with van der Waals surface area (Å²) in [6, 6.07) is 14.7. The van der Waals surface area contributed by atoms with Crippen molar-refractivity contribution in [2.45, 2.75) is 73.1 Å². The second kappa shape index (κ2) is 13.9. The van der Waals surface area contributed by atoms with Crippen LogP contribution in [0.25, 0.3) is 0 Å². The fourth-order valence-electron chi connectivity index (χ4n) is 6.17. The smallest absolute Gasteiger partial charge is 0.202 e. The molecular weight excluding hydrogens is 600 g/mol. The van der Waals surface area contributed by atoms with Gasteiger partial charge in [0, 0.05) is 11.4 Å². The molecule has 0 atom stereocenters. The lowest BCUT2D eigenvalue weighted by Gasteiger charge is -2.29. The van der Waals surface area contributed by atoms with E-state index in [1.807, 2.05) is 31.2 Å². The molecule has 0 spiro atoms. The Labute approximate surface area is 275 Å². The number of aromatic hydroxyl groups is 2. The monoisotopic (exact) mass is 640 g/mol. The van der Waals surface area contributed by atoms with Crippen molar-refractivity contribution in [1.29, 1.82) is 0 Å². The van der Waals surface area contributed by atoms with Crippen LogP contribution in [0.1, 0.15) is 102 Å². The van der Waals surface area contributed by atoms with E-state index in [-0.39, 0.29) is 39.6 Å². The van der Waals surface area contributed by atoms with Crippen LogP contribution in [0.2, 0.25) is 5.02 Å². The third-order valence-electron chi connectivity index (χ3n) is 8.70. The number of ether oxygens (including phenoxy) is 1. The van der Waals surface area contributed by atoms with Gasteiger partial charge in [-0.2, -0.15) is 0 Å². The maximum absolute atomic E-state index is 14.3. The number of aryl methyl sites for hydroxylation is 4. The third kappa shape index (κ3) is 5.69. The number of rotatable bonds is 12. The number of benzene rings is 4. The summed E-state index contributed by atoms with van der Waals surface area (Å²) in [6.07, 6.45) is 4.54. The molecule has 1 aliphatic carbocycles. The molecule has 0 unspecified atom stereocenters. The molecule has 0 aromatic heterocycles. The standard InChI is InChI=1S/C38H41ClN2O5/c1-6-11-20-46-38-30-29(36(44)27-25(42)18-19-26(43)28(27)37(30)45)31(39)34(40-32-21(7-2)14-12-15-22(32)8-3)35(38)41-33-23(9-4)16-13-17-24(33)10-5/h12-19,40-43H,6-11,20H2,1-5H3. The fourth-order valence-corrected chi connectivity index (χ4v) is 6.49. The van der Waals surface area contributed by atoms with Gasteiger partial charge in [-0.3, -0.25) is 9.59 Å². The molecule has 4 aromatic rings. The van der Waals surface area contributed by atoms with Crippen molar-refractivity contribution in [3.63, 3.8) is 0 Å². The molecule has 0 saturated carbocycles. The summed E-state index contributed by atoms with van der Waals surface area (Å²) in [5, 5.41) is 28.8. The Hall–Kier alpha value is -4.49. The van der Waals surface area contributed by atoms with Crippen LogP contribution in [0.3, 0.4) is 0 Å². The molecule has 0 bridgehead atoms. The summed E-state index contributed by atoms with van der Waals surface area (Å²) in [4.78, 5) is 28.6. The molecule has 0 fully saturated rings. The van der Waals surface area contributed by atoms with Gasteiger partial charge in [-0.1, -0.05) is 89.0 Å². The van der Waals surface area contributed by atoms with Crippen molar-refractivity contribution in [3.05, 3.63) is 98.1 Å². The van der Waals surface area contributed by atoms with Crippen LogP contribution < -0.4 is 15.4 Å². The second-order valence-corrected chi connectivity index (χ2v) is 11.8. The molecule has 1 aliphatic rings. The molecule has 4 N–H and O–H groups in total. The van der Waals surface area contributed by atoms with E-state index in [1.54, 1.807) is 0 Å². The van der Waals surface area contributed by atoms with Crippen molar-refractivity contribution < 1.29 is 24.5 Å². The number of carbonyl (C=O) groups excluding carboxylic acids is 2. The van der Waals surface area contributed by atoms with E-state index in [4.69, 9.17) is 16.3 Å². The van der Waals surface area contributed by atoms with E-state index < -0.39 is 23.1 Å². The molecule has 240 valence electrons. The van der Waals surface area contributed by atoms with E-state index in [0.29, 0.717) is 17.8 Å². The highest BCUT2D eigenvalue weighted by atomic mass is 35.5. The minimum atomic E-state index is -0.666.